The molecular formula is C15H15BrN2O2. The Morgan fingerprint density at radius 3 is 2.75 bits per heavy atom. The number of nitrogens with two attached hydrogens (primary N) is 1. The SMILES string of the molecule is CC(NC(=O)c1cc(O)ccc1N)c1cccc(Br)c1. The number of anilines is 1. The molecule has 0 aliphatic carbocycles. The van der Waals surface area contributed by atoms with E-state index in [2.05, 4.69) is 21.2 Å². The van der Waals surface area contributed by atoms with Crippen molar-refractivity contribution in [3.63, 3.8) is 0 Å². The first-order valence-electron chi connectivity index (χ1n) is 6.12. The minimum Gasteiger partial charge on any atom is -0.508 e. The summed E-state index contributed by atoms with van der Waals surface area (Å²) >= 11 is 3.40. The molecule has 1 atom stereocenters. The number of aromatic hydroxyl groups is 1. The molecule has 0 aromatic heterocycles. The van der Waals surface area contributed by atoms with Crippen LogP contribution in [0.4, 0.5) is 5.69 Å². The predicted molar refractivity (Wildman–Crippen MR) is 82.5 cm³/mol. The van der Waals surface area contributed by atoms with Crippen molar-refractivity contribution in [2.75, 3.05) is 5.73 Å². The van der Waals surface area contributed by atoms with Gasteiger partial charge in [0.05, 0.1) is 11.6 Å². The summed E-state index contributed by atoms with van der Waals surface area (Å²) in [6, 6.07) is 11.9. The van der Waals surface area contributed by atoms with Crippen LogP contribution in [0.3, 0.4) is 0 Å². The van der Waals surface area contributed by atoms with Crippen LogP contribution in [0.25, 0.3) is 0 Å². The number of hydrogen-bond donors (Lipinski definition) is 3. The van der Waals surface area contributed by atoms with Gasteiger partial charge in [0.25, 0.3) is 5.91 Å². The second-order valence-electron chi connectivity index (χ2n) is 4.52. The van der Waals surface area contributed by atoms with Gasteiger partial charge in [0.15, 0.2) is 0 Å². The Morgan fingerprint density at radius 2 is 2.05 bits per heavy atom. The standard InChI is InChI=1S/C15H15BrN2O2/c1-9(10-3-2-4-11(16)7-10)18-15(20)13-8-12(19)5-6-14(13)17/h2-9,19H,17H2,1H3,(H,18,20). The van der Waals surface area contributed by atoms with Crippen molar-refractivity contribution < 1.29 is 9.90 Å². The molecule has 2 rings (SSSR count). The molecule has 1 amide bonds. The van der Waals surface area contributed by atoms with Gasteiger partial charge in [-0.3, -0.25) is 4.79 Å². The molecule has 2 aromatic rings. The molecule has 4 N–H and O–H groups in total. The zero-order chi connectivity index (χ0) is 14.7. The maximum absolute atomic E-state index is 12.2. The third-order valence-corrected chi connectivity index (χ3v) is 3.47. The molecule has 0 radical (unpaired) electrons. The van der Waals surface area contributed by atoms with Crippen LogP contribution in [-0.2, 0) is 0 Å². The summed E-state index contributed by atoms with van der Waals surface area (Å²) in [5.74, 6) is -0.301. The van der Waals surface area contributed by atoms with Gasteiger partial charge >= 0.3 is 0 Å². The number of carbonyl (C=O) groups is 1. The monoisotopic (exact) mass is 334 g/mol. The Bertz CT molecular complexity index is 644. The second-order valence-corrected chi connectivity index (χ2v) is 5.44. The van der Waals surface area contributed by atoms with Crippen LogP contribution < -0.4 is 11.1 Å². The molecule has 2 aromatic carbocycles. The number of amides is 1. The first-order chi connectivity index (χ1) is 9.47. The van der Waals surface area contributed by atoms with Crippen LogP contribution in [0.5, 0.6) is 5.75 Å². The highest BCUT2D eigenvalue weighted by Crippen LogP contribution is 2.21. The summed E-state index contributed by atoms with van der Waals surface area (Å²) < 4.78 is 0.952. The number of hydrogen-bond acceptors (Lipinski definition) is 3. The first-order valence-corrected chi connectivity index (χ1v) is 6.91. The number of phenolic OH excluding ortho intramolecular Hbond substituents is 1. The van der Waals surface area contributed by atoms with Gasteiger partial charge in [0.1, 0.15) is 5.75 Å². The van der Waals surface area contributed by atoms with Gasteiger partial charge in [0, 0.05) is 10.2 Å². The third kappa shape index (κ3) is 3.30. The van der Waals surface area contributed by atoms with Crippen LogP contribution in [0.1, 0.15) is 28.9 Å². The van der Waals surface area contributed by atoms with Crippen molar-refractivity contribution in [3.8, 4) is 5.75 Å². The number of benzene rings is 2. The van der Waals surface area contributed by atoms with Gasteiger partial charge in [0.2, 0.25) is 0 Å². The van der Waals surface area contributed by atoms with Crippen molar-refractivity contribution >= 4 is 27.5 Å². The van der Waals surface area contributed by atoms with Crippen molar-refractivity contribution in [1.82, 2.24) is 5.32 Å². The van der Waals surface area contributed by atoms with E-state index in [1.54, 1.807) is 0 Å². The van der Waals surface area contributed by atoms with Gasteiger partial charge in [-0.2, -0.15) is 0 Å². The zero-order valence-corrected chi connectivity index (χ0v) is 12.5. The minimum absolute atomic E-state index is 0.0134. The van der Waals surface area contributed by atoms with E-state index in [-0.39, 0.29) is 23.3 Å². The average molecular weight is 335 g/mol. The number of nitrogen functional groups attached to an aromatic ring is 1. The fourth-order valence-corrected chi connectivity index (χ4v) is 2.29. The number of phenols is 1. The molecule has 0 saturated heterocycles. The van der Waals surface area contributed by atoms with Crippen molar-refractivity contribution in [3.05, 3.63) is 58.1 Å². The lowest BCUT2D eigenvalue weighted by atomic mass is 10.1. The van der Waals surface area contributed by atoms with Gasteiger partial charge < -0.3 is 16.2 Å². The van der Waals surface area contributed by atoms with E-state index < -0.39 is 0 Å². The highest BCUT2D eigenvalue weighted by Gasteiger charge is 2.14. The molecule has 4 nitrogen and oxygen atoms in total. The van der Waals surface area contributed by atoms with E-state index in [0.29, 0.717) is 5.69 Å². The maximum Gasteiger partial charge on any atom is 0.253 e. The Hall–Kier alpha value is -2.01. The normalized spacial score (nSPS) is 11.9. The fourth-order valence-electron chi connectivity index (χ4n) is 1.87. The van der Waals surface area contributed by atoms with Crippen molar-refractivity contribution in [2.24, 2.45) is 0 Å². The molecule has 0 aliphatic heterocycles. The Kier molecular flexibility index (Phi) is 4.29. The molecule has 0 saturated carbocycles. The van der Waals surface area contributed by atoms with E-state index in [0.717, 1.165) is 10.0 Å². The summed E-state index contributed by atoms with van der Waals surface area (Å²) in [6.45, 7) is 1.89. The largest absolute Gasteiger partial charge is 0.508 e. The lowest BCUT2D eigenvalue weighted by Gasteiger charge is -2.15. The highest BCUT2D eigenvalue weighted by molar-refractivity contribution is 9.10. The molecule has 0 spiro atoms. The van der Waals surface area contributed by atoms with E-state index >= 15 is 0 Å². The van der Waals surface area contributed by atoms with E-state index in [1.807, 2.05) is 31.2 Å². The molecule has 0 aliphatic rings. The lowest BCUT2D eigenvalue weighted by molar-refractivity contribution is 0.0940. The minimum atomic E-state index is -0.314. The number of nitrogens with one attached hydrogen (secondary N) is 1. The van der Waals surface area contributed by atoms with Crippen LogP contribution in [-0.4, -0.2) is 11.0 Å². The first kappa shape index (κ1) is 14.4. The summed E-state index contributed by atoms with van der Waals surface area (Å²) in [4.78, 5) is 12.2. The second kappa shape index (κ2) is 5.96. The molecule has 0 heterocycles. The van der Waals surface area contributed by atoms with Gasteiger partial charge in [-0.25, -0.2) is 0 Å². The average Bonchev–Trinajstić information content (AvgIpc) is 2.41. The smallest absolute Gasteiger partial charge is 0.253 e. The summed E-state index contributed by atoms with van der Waals surface area (Å²) in [5.41, 5.74) is 7.33. The summed E-state index contributed by atoms with van der Waals surface area (Å²) in [5, 5.41) is 12.3. The lowest BCUT2D eigenvalue weighted by Crippen LogP contribution is -2.27. The van der Waals surface area contributed by atoms with Crippen LogP contribution >= 0.6 is 15.9 Å². The molecule has 0 fully saturated rings. The van der Waals surface area contributed by atoms with E-state index in [1.165, 1.54) is 18.2 Å². The van der Waals surface area contributed by atoms with Crippen LogP contribution in [0.2, 0.25) is 0 Å². The summed E-state index contributed by atoms with van der Waals surface area (Å²) in [7, 11) is 0. The van der Waals surface area contributed by atoms with Gasteiger partial charge in [-0.15, -0.1) is 0 Å². The Morgan fingerprint density at radius 1 is 1.30 bits per heavy atom. The molecular weight excluding hydrogens is 320 g/mol. The van der Waals surface area contributed by atoms with E-state index in [9.17, 15) is 9.90 Å². The summed E-state index contributed by atoms with van der Waals surface area (Å²) in [6.07, 6.45) is 0. The van der Waals surface area contributed by atoms with Gasteiger partial charge in [-0.1, -0.05) is 28.1 Å². The Balaban J connectivity index is 2.17. The Labute approximate surface area is 125 Å². The van der Waals surface area contributed by atoms with Crippen LogP contribution in [0, 0.1) is 0 Å². The van der Waals surface area contributed by atoms with Gasteiger partial charge in [-0.05, 0) is 42.8 Å². The highest BCUT2D eigenvalue weighted by atomic mass is 79.9. The number of halogens is 1. The zero-order valence-electron chi connectivity index (χ0n) is 10.9. The number of carbonyl (C=O) groups excluding carboxylic acids is 1. The third-order valence-electron chi connectivity index (χ3n) is 2.98. The molecule has 5 heteroatoms. The molecule has 104 valence electrons. The topological polar surface area (TPSA) is 75.3 Å². The molecule has 1 unspecified atom stereocenters. The molecule has 20 heavy (non-hydrogen) atoms. The molecule has 0 bridgehead atoms. The maximum atomic E-state index is 12.2. The van der Waals surface area contributed by atoms with E-state index in [4.69, 9.17) is 5.73 Å². The predicted octanol–water partition coefficient (Wildman–Crippen LogP) is 3.23. The fraction of sp³-hybridized carbons (Fsp3) is 0.133. The van der Waals surface area contributed by atoms with Crippen LogP contribution in [0.15, 0.2) is 46.9 Å². The van der Waals surface area contributed by atoms with Crippen molar-refractivity contribution in [2.45, 2.75) is 13.0 Å². The van der Waals surface area contributed by atoms with Crippen molar-refractivity contribution in [1.29, 1.82) is 0 Å². The number of rotatable bonds is 3. The quantitative estimate of drug-likeness (QED) is 0.595.